The average Bonchev–Trinajstić information content (AvgIpc) is 2.99. The van der Waals surface area contributed by atoms with Crippen LogP contribution in [-0.2, 0) is 0 Å². The van der Waals surface area contributed by atoms with Gasteiger partial charge >= 0.3 is 0 Å². The highest BCUT2D eigenvalue weighted by Crippen LogP contribution is 2.19. The number of aromatic nitrogens is 5. The minimum Gasteiger partial charge on any atom is -0.353 e. The summed E-state index contributed by atoms with van der Waals surface area (Å²) in [5.74, 6) is 2.03. The zero-order chi connectivity index (χ0) is 17.3. The summed E-state index contributed by atoms with van der Waals surface area (Å²) in [6.07, 6.45) is 0. The molecule has 0 saturated carbocycles. The highest BCUT2D eigenvalue weighted by atomic mass is 16.2. The number of amides is 1. The van der Waals surface area contributed by atoms with Crippen LogP contribution in [0.1, 0.15) is 47.5 Å². The van der Waals surface area contributed by atoms with Crippen LogP contribution in [0.3, 0.4) is 0 Å². The van der Waals surface area contributed by atoms with E-state index in [9.17, 15) is 4.79 Å². The van der Waals surface area contributed by atoms with Crippen molar-refractivity contribution < 1.29 is 4.79 Å². The Hall–Kier alpha value is -2.51. The Morgan fingerprint density at radius 1 is 1.12 bits per heavy atom. The topological polar surface area (TPSA) is 90.9 Å². The van der Waals surface area contributed by atoms with Gasteiger partial charge in [0.05, 0.1) is 5.69 Å². The number of carbonyl (C=O) groups excluding carboxylic acids is 1. The van der Waals surface area contributed by atoms with E-state index in [1.165, 1.54) is 0 Å². The summed E-state index contributed by atoms with van der Waals surface area (Å²) < 4.78 is 0. The molecule has 3 heterocycles. The molecule has 2 aromatic heterocycles. The van der Waals surface area contributed by atoms with Crippen molar-refractivity contribution in [3.8, 4) is 0 Å². The number of rotatable bonds is 3. The molecule has 3 rings (SSSR count). The molecule has 0 radical (unpaired) electrons. The van der Waals surface area contributed by atoms with Crippen LogP contribution in [0, 0.1) is 13.8 Å². The predicted molar refractivity (Wildman–Crippen MR) is 90.1 cm³/mol. The van der Waals surface area contributed by atoms with Gasteiger partial charge in [0.25, 0.3) is 5.91 Å². The maximum atomic E-state index is 12.5. The van der Waals surface area contributed by atoms with Crippen molar-refractivity contribution in [3.63, 3.8) is 0 Å². The minimum absolute atomic E-state index is 0.0670. The molecule has 1 amide bonds. The van der Waals surface area contributed by atoms with Crippen LogP contribution in [0.25, 0.3) is 0 Å². The molecule has 0 atom stereocenters. The fourth-order valence-electron chi connectivity index (χ4n) is 2.77. The molecule has 1 aliphatic rings. The van der Waals surface area contributed by atoms with E-state index in [1.807, 2.05) is 17.9 Å². The van der Waals surface area contributed by atoms with Crippen molar-refractivity contribution in [2.75, 3.05) is 31.1 Å². The van der Waals surface area contributed by atoms with Gasteiger partial charge in [-0.25, -0.2) is 9.97 Å². The Kier molecular flexibility index (Phi) is 4.46. The van der Waals surface area contributed by atoms with Gasteiger partial charge in [-0.1, -0.05) is 13.8 Å². The summed E-state index contributed by atoms with van der Waals surface area (Å²) in [5, 5.41) is 10.4. The number of piperazine rings is 1. The lowest BCUT2D eigenvalue weighted by Gasteiger charge is -2.35. The van der Waals surface area contributed by atoms with Crippen LogP contribution >= 0.6 is 0 Å². The van der Waals surface area contributed by atoms with Crippen LogP contribution in [-0.4, -0.2) is 62.4 Å². The lowest BCUT2D eigenvalue weighted by molar-refractivity contribution is 0.0739. The third-order valence-corrected chi connectivity index (χ3v) is 4.19. The van der Waals surface area contributed by atoms with Gasteiger partial charge in [-0.3, -0.25) is 4.79 Å². The second-order valence-electron chi connectivity index (χ2n) is 6.42. The number of nitrogens with zero attached hydrogens (tertiary/aromatic N) is 6. The highest BCUT2D eigenvalue weighted by Gasteiger charge is 2.26. The predicted octanol–water partition coefficient (Wildman–Crippen LogP) is 1.30. The number of hydrogen-bond acceptors (Lipinski definition) is 6. The summed E-state index contributed by atoms with van der Waals surface area (Å²) >= 11 is 0. The largest absolute Gasteiger partial charge is 0.353 e. The summed E-state index contributed by atoms with van der Waals surface area (Å²) in [7, 11) is 0. The molecule has 1 fully saturated rings. The van der Waals surface area contributed by atoms with Gasteiger partial charge in [0.1, 0.15) is 11.6 Å². The molecule has 1 saturated heterocycles. The average molecular weight is 329 g/mol. The van der Waals surface area contributed by atoms with Crippen LogP contribution in [0.5, 0.6) is 0 Å². The van der Waals surface area contributed by atoms with E-state index in [2.05, 4.69) is 44.1 Å². The van der Waals surface area contributed by atoms with Crippen molar-refractivity contribution in [1.29, 1.82) is 0 Å². The monoisotopic (exact) mass is 329 g/mol. The Balaban J connectivity index is 1.69. The van der Waals surface area contributed by atoms with E-state index >= 15 is 0 Å². The molecule has 0 aliphatic carbocycles. The first-order chi connectivity index (χ1) is 11.5. The number of H-pyrrole nitrogens is 1. The zero-order valence-electron chi connectivity index (χ0n) is 14.6. The Bertz CT molecular complexity index is 732. The van der Waals surface area contributed by atoms with Gasteiger partial charge in [0, 0.05) is 43.9 Å². The number of aryl methyl sites for hydroxylation is 2. The zero-order valence-corrected chi connectivity index (χ0v) is 14.6. The maximum absolute atomic E-state index is 12.5. The van der Waals surface area contributed by atoms with Gasteiger partial charge in [-0.15, -0.1) is 0 Å². The van der Waals surface area contributed by atoms with Crippen molar-refractivity contribution in [2.45, 2.75) is 33.6 Å². The summed E-state index contributed by atoms with van der Waals surface area (Å²) in [6, 6.07) is 2.01. The van der Waals surface area contributed by atoms with Crippen LogP contribution in [0.15, 0.2) is 6.07 Å². The first-order valence-electron chi connectivity index (χ1n) is 8.23. The van der Waals surface area contributed by atoms with Crippen molar-refractivity contribution in [2.24, 2.45) is 0 Å². The van der Waals surface area contributed by atoms with E-state index in [0.717, 1.165) is 30.4 Å². The SMILES string of the molecule is Cc1cc(N2CCN(C(=O)c3n[nH]nc3C)CC2)nc(C(C)C)n1. The molecule has 2 aromatic rings. The van der Waals surface area contributed by atoms with E-state index in [4.69, 9.17) is 0 Å². The first-order valence-corrected chi connectivity index (χ1v) is 8.23. The summed E-state index contributed by atoms with van der Waals surface area (Å²) in [5.41, 5.74) is 2.01. The smallest absolute Gasteiger partial charge is 0.276 e. The Morgan fingerprint density at radius 2 is 1.83 bits per heavy atom. The third-order valence-electron chi connectivity index (χ3n) is 4.19. The molecule has 128 valence electrons. The highest BCUT2D eigenvalue weighted by molar-refractivity contribution is 5.93. The molecule has 0 spiro atoms. The molecule has 0 aromatic carbocycles. The molecule has 1 N–H and O–H groups in total. The number of nitrogens with one attached hydrogen (secondary N) is 1. The molecule has 0 unspecified atom stereocenters. The Labute approximate surface area is 141 Å². The fraction of sp³-hybridized carbons (Fsp3) is 0.562. The molecule has 24 heavy (non-hydrogen) atoms. The Morgan fingerprint density at radius 3 is 2.42 bits per heavy atom. The van der Waals surface area contributed by atoms with Gasteiger partial charge in [0.15, 0.2) is 5.69 Å². The van der Waals surface area contributed by atoms with E-state index in [1.54, 1.807) is 6.92 Å². The second-order valence-corrected chi connectivity index (χ2v) is 6.42. The van der Waals surface area contributed by atoms with Crippen molar-refractivity contribution in [1.82, 2.24) is 30.3 Å². The standard InChI is InChI=1S/C16H23N7O/c1-10(2)15-17-11(3)9-13(18-15)22-5-7-23(8-6-22)16(24)14-12(4)19-21-20-14/h9-10H,5-8H2,1-4H3,(H,19,20,21). The summed E-state index contributed by atoms with van der Waals surface area (Å²) in [6.45, 7) is 10.7. The lowest BCUT2D eigenvalue weighted by atomic mass is 10.2. The van der Waals surface area contributed by atoms with E-state index in [-0.39, 0.29) is 5.91 Å². The van der Waals surface area contributed by atoms with Crippen molar-refractivity contribution in [3.05, 3.63) is 29.0 Å². The summed E-state index contributed by atoms with van der Waals surface area (Å²) in [4.78, 5) is 25.7. The minimum atomic E-state index is -0.0670. The molecule has 0 bridgehead atoms. The first kappa shape index (κ1) is 16.4. The number of hydrogen-bond donors (Lipinski definition) is 1. The fourth-order valence-corrected chi connectivity index (χ4v) is 2.77. The maximum Gasteiger partial charge on any atom is 0.276 e. The quantitative estimate of drug-likeness (QED) is 0.912. The molecule has 8 heteroatoms. The van der Waals surface area contributed by atoms with Gasteiger partial charge in [-0.2, -0.15) is 15.4 Å². The van der Waals surface area contributed by atoms with E-state index in [0.29, 0.717) is 30.4 Å². The number of carbonyl (C=O) groups is 1. The van der Waals surface area contributed by atoms with Crippen LogP contribution in [0.4, 0.5) is 5.82 Å². The van der Waals surface area contributed by atoms with Crippen molar-refractivity contribution >= 4 is 11.7 Å². The van der Waals surface area contributed by atoms with E-state index < -0.39 is 0 Å². The van der Waals surface area contributed by atoms with Gasteiger partial charge < -0.3 is 9.80 Å². The normalized spacial score (nSPS) is 15.2. The molecular formula is C16H23N7O. The van der Waals surface area contributed by atoms with Crippen LogP contribution in [0.2, 0.25) is 0 Å². The van der Waals surface area contributed by atoms with Gasteiger partial charge in [0.2, 0.25) is 0 Å². The molecular weight excluding hydrogens is 306 g/mol. The lowest BCUT2D eigenvalue weighted by Crippen LogP contribution is -2.49. The third kappa shape index (κ3) is 3.22. The number of aromatic amines is 1. The molecule has 8 nitrogen and oxygen atoms in total. The second kappa shape index (κ2) is 6.54. The number of anilines is 1. The molecule has 1 aliphatic heterocycles. The van der Waals surface area contributed by atoms with Crippen LogP contribution < -0.4 is 4.90 Å². The van der Waals surface area contributed by atoms with Gasteiger partial charge in [-0.05, 0) is 13.8 Å².